The molecule has 6 nitrogen and oxygen atoms in total. The van der Waals surface area contributed by atoms with Crippen LogP contribution in [0.15, 0.2) is 47.8 Å². The fourth-order valence-corrected chi connectivity index (χ4v) is 3.77. The van der Waals surface area contributed by atoms with Crippen molar-refractivity contribution in [3.63, 3.8) is 0 Å². The Balaban J connectivity index is 1.58. The quantitative estimate of drug-likeness (QED) is 0.581. The molecule has 1 N–H and O–H groups in total. The molecule has 2 aromatic carbocycles. The highest BCUT2D eigenvalue weighted by Gasteiger charge is 2.14. The van der Waals surface area contributed by atoms with E-state index in [-0.39, 0.29) is 12.3 Å². The molecule has 3 aromatic rings. The van der Waals surface area contributed by atoms with Gasteiger partial charge in [0.1, 0.15) is 0 Å². The van der Waals surface area contributed by atoms with Gasteiger partial charge in [-0.2, -0.15) is 0 Å². The third kappa shape index (κ3) is 5.48. The number of hydrogen-bond acceptors (Lipinski definition) is 6. The van der Waals surface area contributed by atoms with E-state index in [0.717, 1.165) is 22.7 Å². The predicted octanol–water partition coefficient (Wildman–Crippen LogP) is 3.62. The number of carbonyl (C=O) groups is 1. The number of nitrogens with zero attached hydrogens (tertiary/aromatic N) is 1. The van der Waals surface area contributed by atoms with Gasteiger partial charge in [-0.15, -0.1) is 11.3 Å². The van der Waals surface area contributed by atoms with Gasteiger partial charge in [0.2, 0.25) is 11.7 Å². The highest BCUT2D eigenvalue weighted by molar-refractivity contribution is 7.09. The maximum absolute atomic E-state index is 12.4. The van der Waals surface area contributed by atoms with E-state index >= 15 is 0 Å². The van der Waals surface area contributed by atoms with Gasteiger partial charge in [-0.25, -0.2) is 4.98 Å². The van der Waals surface area contributed by atoms with E-state index < -0.39 is 0 Å². The molecule has 0 unspecified atom stereocenters. The first-order chi connectivity index (χ1) is 14.1. The number of benzene rings is 2. The van der Waals surface area contributed by atoms with Crippen molar-refractivity contribution >= 4 is 17.2 Å². The molecule has 1 aromatic heterocycles. The lowest BCUT2D eigenvalue weighted by molar-refractivity contribution is -0.120. The van der Waals surface area contributed by atoms with Crippen LogP contribution < -0.4 is 19.5 Å². The zero-order valence-corrected chi connectivity index (χ0v) is 17.5. The normalized spacial score (nSPS) is 10.4. The summed E-state index contributed by atoms with van der Waals surface area (Å²) in [7, 11) is 4.69. The Labute approximate surface area is 174 Å². The van der Waals surface area contributed by atoms with Gasteiger partial charge in [0.05, 0.1) is 38.5 Å². The van der Waals surface area contributed by atoms with Crippen molar-refractivity contribution in [1.29, 1.82) is 0 Å². The molecule has 0 radical (unpaired) electrons. The number of amides is 1. The maximum atomic E-state index is 12.4. The Bertz CT molecular complexity index is 931. The standard InChI is InChI=1S/C22H24N2O4S/c1-26-18-9-16(10-19(27-2)22(18)28-3)13-23-20(25)12-17-14-29-21(24-17)11-15-7-5-4-6-8-15/h4-10,14H,11-13H2,1-3H3,(H,23,25). The van der Waals surface area contributed by atoms with Crippen LogP contribution in [0.1, 0.15) is 21.8 Å². The summed E-state index contributed by atoms with van der Waals surface area (Å²) in [6.07, 6.45) is 1.02. The van der Waals surface area contributed by atoms with Crippen LogP contribution in [0.2, 0.25) is 0 Å². The van der Waals surface area contributed by atoms with Crippen LogP contribution in [-0.4, -0.2) is 32.2 Å². The molecule has 0 aliphatic carbocycles. The van der Waals surface area contributed by atoms with Crippen molar-refractivity contribution in [1.82, 2.24) is 10.3 Å². The molecule has 0 atom stereocenters. The molecule has 0 bridgehead atoms. The van der Waals surface area contributed by atoms with E-state index in [2.05, 4.69) is 22.4 Å². The lowest BCUT2D eigenvalue weighted by Crippen LogP contribution is -2.24. The summed E-state index contributed by atoms with van der Waals surface area (Å²) < 4.78 is 16.0. The van der Waals surface area contributed by atoms with Gasteiger partial charge in [-0.1, -0.05) is 30.3 Å². The number of ether oxygens (including phenoxy) is 3. The molecule has 29 heavy (non-hydrogen) atoms. The highest BCUT2D eigenvalue weighted by atomic mass is 32.1. The topological polar surface area (TPSA) is 69.7 Å². The SMILES string of the molecule is COc1cc(CNC(=O)Cc2csc(Cc3ccccc3)n2)cc(OC)c1OC. The summed E-state index contributed by atoms with van der Waals surface area (Å²) in [4.78, 5) is 16.9. The zero-order valence-electron chi connectivity index (χ0n) is 16.7. The summed E-state index contributed by atoms with van der Waals surface area (Å²) in [5, 5.41) is 5.87. The molecule has 1 amide bonds. The first kappa shape index (κ1) is 20.7. The third-order valence-electron chi connectivity index (χ3n) is 4.35. The van der Waals surface area contributed by atoms with Gasteiger partial charge < -0.3 is 19.5 Å². The van der Waals surface area contributed by atoms with Gasteiger partial charge >= 0.3 is 0 Å². The van der Waals surface area contributed by atoms with Crippen LogP contribution in [0.4, 0.5) is 0 Å². The second-order valence-corrected chi connectivity index (χ2v) is 7.32. The molecule has 152 valence electrons. The molecule has 0 aliphatic rings. The van der Waals surface area contributed by atoms with Gasteiger partial charge in [0.15, 0.2) is 11.5 Å². The van der Waals surface area contributed by atoms with Crippen LogP contribution in [0, 0.1) is 0 Å². The Morgan fingerprint density at radius 3 is 2.31 bits per heavy atom. The zero-order chi connectivity index (χ0) is 20.6. The predicted molar refractivity (Wildman–Crippen MR) is 113 cm³/mol. The molecule has 0 fully saturated rings. The fourth-order valence-electron chi connectivity index (χ4n) is 2.95. The average Bonchev–Trinajstić information content (AvgIpc) is 3.18. The minimum atomic E-state index is -0.0877. The molecule has 0 spiro atoms. The van der Waals surface area contributed by atoms with Crippen molar-refractivity contribution in [2.75, 3.05) is 21.3 Å². The Morgan fingerprint density at radius 2 is 1.69 bits per heavy atom. The molecule has 7 heteroatoms. The van der Waals surface area contributed by atoms with E-state index in [0.29, 0.717) is 23.8 Å². The van der Waals surface area contributed by atoms with Crippen molar-refractivity contribution in [3.05, 3.63) is 69.7 Å². The first-order valence-corrected chi connectivity index (χ1v) is 10.0. The molecule has 0 saturated carbocycles. The largest absolute Gasteiger partial charge is 0.493 e. The van der Waals surface area contributed by atoms with Gasteiger partial charge in [0, 0.05) is 18.3 Å². The number of methoxy groups -OCH3 is 3. The number of rotatable bonds is 9. The van der Waals surface area contributed by atoms with Crippen LogP contribution >= 0.6 is 11.3 Å². The van der Waals surface area contributed by atoms with Crippen molar-refractivity contribution in [3.8, 4) is 17.2 Å². The van der Waals surface area contributed by atoms with Crippen LogP contribution in [0.5, 0.6) is 17.2 Å². The molecular weight excluding hydrogens is 388 g/mol. The van der Waals surface area contributed by atoms with Crippen LogP contribution in [0.25, 0.3) is 0 Å². The number of hydrogen-bond donors (Lipinski definition) is 1. The van der Waals surface area contributed by atoms with Crippen molar-refractivity contribution in [2.45, 2.75) is 19.4 Å². The van der Waals surface area contributed by atoms with Gasteiger partial charge in [-0.3, -0.25) is 4.79 Å². The summed E-state index contributed by atoms with van der Waals surface area (Å²) >= 11 is 1.58. The third-order valence-corrected chi connectivity index (χ3v) is 5.25. The monoisotopic (exact) mass is 412 g/mol. The Kier molecular flexibility index (Phi) is 7.08. The van der Waals surface area contributed by atoms with E-state index in [1.54, 1.807) is 32.7 Å². The number of carbonyl (C=O) groups excluding carboxylic acids is 1. The summed E-state index contributed by atoms with van der Waals surface area (Å²) in [6, 6.07) is 13.8. The van der Waals surface area contributed by atoms with Gasteiger partial charge in [0.25, 0.3) is 0 Å². The lowest BCUT2D eigenvalue weighted by atomic mass is 10.1. The first-order valence-electron chi connectivity index (χ1n) is 9.15. The maximum Gasteiger partial charge on any atom is 0.226 e. The second kappa shape index (κ2) is 9.93. The van der Waals surface area contributed by atoms with Crippen molar-refractivity contribution in [2.24, 2.45) is 0 Å². The summed E-state index contributed by atoms with van der Waals surface area (Å²) in [5.41, 5.74) is 2.85. The van der Waals surface area contributed by atoms with Crippen LogP contribution in [-0.2, 0) is 24.2 Å². The number of nitrogens with one attached hydrogen (secondary N) is 1. The lowest BCUT2D eigenvalue weighted by Gasteiger charge is -2.14. The average molecular weight is 413 g/mol. The molecule has 0 aliphatic heterocycles. The summed E-state index contributed by atoms with van der Waals surface area (Å²) in [5.74, 6) is 1.55. The second-order valence-electron chi connectivity index (χ2n) is 6.38. The fraction of sp³-hybridized carbons (Fsp3) is 0.273. The van der Waals surface area contributed by atoms with E-state index in [1.165, 1.54) is 5.56 Å². The Morgan fingerprint density at radius 1 is 1.00 bits per heavy atom. The minimum absolute atomic E-state index is 0.0877. The van der Waals surface area contributed by atoms with Crippen molar-refractivity contribution < 1.29 is 19.0 Å². The summed E-state index contributed by atoms with van der Waals surface area (Å²) in [6.45, 7) is 0.358. The highest BCUT2D eigenvalue weighted by Crippen LogP contribution is 2.38. The van der Waals surface area contributed by atoms with E-state index in [9.17, 15) is 4.79 Å². The smallest absolute Gasteiger partial charge is 0.226 e. The number of aromatic nitrogens is 1. The number of thiazole rings is 1. The van der Waals surface area contributed by atoms with Crippen LogP contribution in [0.3, 0.4) is 0 Å². The molecular formula is C22H24N2O4S. The van der Waals surface area contributed by atoms with Gasteiger partial charge in [-0.05, 0) is 23.3 Å². The molecule has 0 saturated heterocycles. The van der Waals surface area contributed by atoms with E-state index in [1.807, 2.05) is 35.7 Å². The Hall–Kier alpha value is -3.06. The molecule has 1 heterocycles. The minimum Gasteiger partial charge on any atom is -0.493 e. The van der Waals surface area contributed by atoms with E-state index in [4.69, 9.17) is 14.2 Å². The molecule has 3 rings (SSSR count).